The standard InChI is InChI=1S/C15H15ClFNO/c1-11-6-7-12(16)15(10-11)19-9-8-18-14-5-3-2-4-13(14)17/h2-7,10,18H,8-9H2,1H3. The summed E-state index contributed by atoms with van der Waals surface area (Å²) in [7, 11) is 0. The Labute approximate surface area is 117 Å². The average Bonchev–Trinajstić information content (AvgIpc) is 2.40. The summed E-state index contributed by atoms with van der Waals surface area (Å²) in [5, 5.41) is 3.55. The third kappa shape index (κ3) is 3.86. The van der Waals surface area contributed by atoms with Gasteiger partial charge < -0.3 is 10.1 Å². The van der Waals surface area contributed by atoms with Gasteiger partial charge in [-0.1, -0.05) is 29.8 Å². The minimum absolute atomic E-state index is 0.268. The Morgan fingerprint density at radius 1 is 1.21 bits per heavy atom. The van der Waals surface area contributed by atoms with Crippen LogP contribution in [-0.2, 0) is 0 Å². The van der Waals surface area contributed by atoms with E-state index in [1.54, 1.807) is 24.3 Å². The fourth-order valence-electron chi connectivity index (χ4n) is 1.67. The molecule has 0 bridgehead atoms. The van der Waals surface area contributed by atoms with Gasteiger partial charge in [0.2, 0.25) is 0 Å². The minimum atomic E-state index is -0.268. The molecule has 2 aromatic carbocycles. The molecule has 2 nitrogen and oxygen atoms in total. The molecule has 100 valence electrons. The Balaban J connectivity index is 1.84. The van der Waals surface area contributed by atoms with Crippen molar-refractivity contribution in [3.63, 3.8) is 0 Å². The zero-order chi connectivity index (χ0) is 13.7. The van der Waals surface area contributed by atoms with Crippen LogP contribution in [0.25, 0.3) is 0 Å². The van der Waals surface area contributed by atoms with Crippen LogP contribution >= 0.6 is 11.6 Å². The van der Waals surface area contributed by atoms with Crippen LogP contribution in [0, 0.1) is 12.7 Å². The largest absolute Gasteiger partial charge is 0.490 e. The van der Waals surface area contributed by atoms with E-state index in [1.807, 2.05) is 19.1 Å². The van der Waals surface area contributed by atoms with Crippen LogP contribution in [0.5, 0.6) is 5.75 Å². The van der Waals surface area contributed by atoms with E-state index in [2.05, 4.69) is 5.32 Å². The Kier molecular flexibility index (Phi) is 4.63. The third-order valence-corrected chi connectivity index (χ3v) is 2.95. The number of benzene rings is 2. The summed E-state index contributed by atoms with van der Waals surface area (Å²) in [6, 6.07) is 12.2. The van der Waals surface area contributed by atoms with Crippen molar-refractivity contribution in [1.29, 1.82) is 0 Å². The molecule has 2 rings (SSSR count). The van der Waals surface area contributed by atoms with Crippen LogP contribution in [-0.4, -0.2) is 13.2 Å². The van der Waals surface area contributed by atoms with Crippen molar-refractivity contribution < 1.29 is 9.13 Å². The molecule has 0 heterocycles. The summed E-state index contributed by atoms with van der Waals surface area (Å²) in [6.07, 6.45) is 0. The van der Waals surface area contributed by atoms with Crippen LogP contribution in [0.2, 0.25) is 5.02 Å². The number of nitrogens with one attached hydrogen (secondary N) is 1. The predicted octanol–water partition coefficient (Wildman–Crippen LogP) is 4.28. The molecule has 0 saturated carbocycles. The summed E-state index contributed by atoms with van der Waals surface area (Å²) >= 11 is 6.01. The summed E-state index contributed by atoms with van der Waals surface area (Å²) in [5.74, 6) is 0.382. The van der Waals surface area contributed by atoms with Gasteiger partial charge in [-0.3, -0.25) is 0 Å². The first-order valence-electron chi connectivity index (χ1n) is 6.04. The fourth-order valence-corrected chi connectivity index (χ4v) is 1.84. The molecule has 0 fully saturated rings. The molecule has 0 aliphatic rings. The number of halogens is 2. The number of para-hydroxylation sites is 1. The molecule has 0 atom stereocenters. The molecule has 0 unspecified atom stereocenters. The summed E-state index contributed by atoms with van der Waals surface area (Å²) < 4.78 is 18.9. The molecule has 2 aromatic rings. The maximum absolute atomic E-state index is 13.3. The van der Waals surface area contributed by atoms with Crippen molar-refractivity contribution in [3.8, 4) is 5.75 Å². The molecule has 1 N–H and O–H groups in total. The second-order valence-corrected chi connectivity index (χ2v) is 4.60. The van der Waals surface area contributed by atoms with Gasteiger partial charge >= 0.3 is 0 Å². The minimum Gasteiger partial charge on any atom is -0.490 e. The maximum atomic E-state index is 13.3. The predicted molar refractivity (Wildman–Crippen MR) is 76.6 cm³/mol. The van der Waals surface area contributed by atoms with Crippen LogP contribution in [0.15, 0.2) is 42.5 Å². The van der Waals surface area contributed by atoms with Crippen molar-refractivity contribution >= 4 is 17.3 Å². The zero-order valence-electron chi connectivity index (χ0n) is 10.6. The van der Waals surface area contributed by atoms with Gasteiger partial charge in [0.15, 0.2) is 0 Å². The number of rotatable bonds is 5. The van der Waals surface area contributed by atoms with E-state index in [9.17, 15) is 4.39 Å². The molecule has 19 heavy (non-hydrogen) atoms. The van der Waals surface area contributed by atoms with Crippen molar-refractivity contribution in [2.24, 2.45) is 0 Å². The van der Waals surface area contributed by atoms with Crippen LogP contribution < -0.4 is 10.1 Å². The van der Waals surface area contributed by atoms with E-state index in [4.69, 9.17) is 16.3 Å². The second kappa shape index (κ2) is 6.43. The molecular weight excluding hydrogens is 265 g/mol. The smallest absolute Gasteiger partial charge is 0.146 e. The lowest BCUT2D eigenvalue weighted by Crippen LogP contribution is -2.12. The Morgan fingerprint density at radius 3 is 2.79 bits per heavy atom. The van der Waals surface area contributed by atoms with Crippen molar-refractivity contribution in [2.75, 3.05) is 18.5 Å². The summed E-state index contributed by atoms with van der Waals surface area (Å²) in [5.41, 5.74) is 1.56. The highest BCUT2D eigenvalue weighted by atomic mass is 35.5. The van der Waals surface area contributed by atoms with Crippen LogP contribution in [0.1, 0.15) is 5.56 Å². The first-order chi connectivity index (χ1) is 9.16. The number of aryl methyl sites for hydroxylation is 1. The quantitative estimate of drug-likeness (QED) is 0.825. The van der Waals surface area contributed by atoms with E-state index in [1.165, 1.54) is 6.07 Å². The third-order valence-electron chi connectivity index (χ3n) is 2.64. The molecule has 0 aliphatic carbocycles. The Bertz CT molecular complexity index is 560. The van der Waals surface area contributed by atoms with Gasteiger partial charge in [-0.05, 0) is 36.8 Å². The van der Waals surface area contributed by atoms with E-state index >= 15 is 0 Å². The van der Waals surface area contributed by atoms with Gasteiger partial charge in [-0.25, -0.2) is 4.39 Å². The van der Waals surface area contributed by atoms with Crippen LogP contribution in [0.3, 0.4) is 0 Å². The van der Waals surface area contributed by atoms with E-state index in [0.717, 1.165) is 5.56 Å². The molecule has 0 saturated heterocycles. The maximum Gasteiger partial charge on any atom is 0.146 e. The number of hydrogen-bond acceptors (Lipinski definition) is 2. The summed E-state index contributed by atoms with van der Waals surface area (Å²) in [6.45, 7) is 2.89. The first-order valence-corrected chi connectivity index (χ1v) is 6.42. The number of ether oxygens (including phenoxy) is 1. The fraction of sp³-hybridized carbons (Fsp3) is 0.200. The highest BCUT2D eigenvalue weighted by Gasteiger charge is 2.02. The van der Waals surface area contributed by atoms with Gasteiger partial charge in [0.1, 0.15) is 18.2 Å². The van der Waals surface area contributed by atoms with E-state index in [0.29, 0.717) is 29.6 Å². The SMILES string of the molecule is Cc1ccc(Cl)c(OCCNc2ccccc2F)c1. The van der Waals surface area contributed by atoms with Gasteiger partial charge in [0.25, 0.3) is 0 Å². The monoisotopic (exact) mass is 279 g/mol. The molecule has 0 aliphatic heterocycles. The summed E-state index contributed by atoms with van der Waals surface area (Å²) in [4.78, 5) is 0. The van der Waals surface area contributed by atoms with Crippen molar-refractivity contribution in [3.05, 3.63) is 58.9 Å². The molecule has 0 spiro atoms. The highest BCUT2D eigenvalue weighted by Crippen LogP contribution is 2.25. The first kappa shape index (κ1) is 13.7. The van der Waals surface area contributed by atoms with Crippen molar-refractivity contribution in [1.82, 2.24) is 0 Å². The van der Waals surface area contributed by atoms with E-state index in [-0.39, 0.29) is 5.82 Å². The average molecular weight is 280 g/mol. The topological polar surface area (TPSA) is 21.3 Å². The molecule has 0 amide bonds. The van der Waals surface area contributed by atoms with Crippen molar-refractivity contribution in [2.45, 2.75) is 6.92 Å². The van der Waals surface area contributed by atoms with Crippen LogP contribution in [0.4, 0.5) is 10.1 Å². The normalized spacial score (nSPS) is 10.3. The lowest BCUT2D eigenvalue weighted by Gasteiger charge is -2.10. The van der Waals surface area contributed by atoms with E-state index < -0.39 is 0 Å². The molecule has 4 heteroatoms. The zero-order valence-corrected chi connectivity index (χ0v) is 11.4. The van der Waals surface area contributed by atoms with Gasteiger partial charge in [0, 0.05) is 6.54 Å². The second-order valence-electron chi connectivity index (χ2n) is 4.19. The van der Waals surface area contributed by atoms with Gasteiger partial charge in [-0.15, -0.1) is 0 Å². The lowest BCUT2D eigenvalue weighted by molar-refractivity contribution is 0.332. The lowest BCUT2D eigenvalue weighted by atomic mass is 10.2. The molecular formula is C15H15ClFNO. The highest BCUT2D eigenvalue weighted by molar-refractivity contribution is 6.32. The number of hydrogen-bond donors (Lipinski definition) is 1. The number of anilines is 1. The van der Waals surface area contributed by atoms with Gasteiger partial charge in [0.05, 0.1) is 10.7 Å². The van der Waals surface area contributed by atoms with Gasteiger partial charge in [-0.2, -0.15) is 0 Å². The molecule has 0 radical (unpaired) electrons. The Morgan fingerprint density at radius 2 is 2.00 bits per heavy atom. The molecule has 0 aromatic heterocycles. The Hall–Kier alpha value is -1.74.